The third-order valence-electron chi connectivity index (χ3n) is 2.92. The molecule has 110 valence electrons. The fourth-order valence-electron chi connectivity index (χ4n) is 1.84. The minimum Gasteiger partial charge on any atom is -0.478 e. The third kappa shape index (κ3) is 3.84. The molecule has 1 aromatic rings. The summed E-state index contributed by atoms with van der Waals surface area (Å²) in [5.74, 6) is -1.01. The van der Waals surface area contributed by atoms with E-state index in [2.05, 4.69) is 4.98 Å². The van der Waals surface area contributed by atoms with Gasteiger partial charge in [-0.05, 0) is 26.0 Å². The molecule has 0 saturated heterocycles. The number of carbonyl (C=O) groups excluding carboxylic acids is 1. The fraction of sp³-hybridized carbons (Fsp3) is 0.462. The summed E-state index contributed by atoms with van der Waals surface area (Å²) in [5.41, 5.74) is 0.0178. The van der Waals surface area contributed by atoms with Gasteiger partial charge >= 0.3 is 5.97 Å². The number of halogens is 1. The predicted octanol–water partition coefficient (Wildman–Crippen LogP) is 1.74. The predicted molar refractivity (Wildman–Crippen MR) is 77.4 cm³/mol. The van der Waals surface area contributed by atoms with Crippen LogP contribution in [-0.4, -0.2) is 53.5 Å². The third-order valence-corrected chi connectivity index (χ3v) is 3.13. The quantitative estimate of drug-likeness (QED) is 0.810. The van der Waals surface area contributed by atoms with Crippen molar-refractivity contribution in [2.75, 3.05) is 31.6 Å². The molecule has 0 bridgehead atoms. The van der Waals surface area contributed by atoms with E-state index < -0.39 is 5.97 Å². The molecule has 0 aliphatic rings. The van der Waals surface area contributed by atoms with E-state index in [-0.39, 0.29) is 29.0 Å². The van der Waals surface area contributed by atoms with E-state index >= 15 is 0 Å². The van der Waals surface area contributed by atoms with Gasteiger partial charge in [-0.1, -0.05) is 11.6 Å². The first kappa shape index (κ1) is 16.2. The number of carboxylic acid groups (broad SMARTS) is 1. The maximum atomic E-state index is 12.0. The molecule has 1 N–H and O–H groups in total. The van der Waals surface area contributed by atoms with Gasteiger partial charge in [-0.15, -0.1) is 0 Å². The molecule has 0 fully saturated rings. The Morgan fingerprint density at radius 2 is 1.90 bits per heavy atom. The SMILES string of the molecule is CCN(CC)C(=O)CN(C)c1nc(Cl)ccc1C(=O)O. The Hall–Kier alpha value is -1.82. The van der Waals surface area contributed by atoms with Crippen molar-refractivity contribution in [3.63, 3.8) is 0 Å². The van der Waals surface area contributed by atoms with Crippen LogP contribution in [-0.2, 0) is 4.79 Å². The van der Waals surface area contributed by atoms with E-state index in [1.54, 1.807) is 11.9 Å². The average molecular weight is 300 g/mol. The lowest BCUT2D eigenvalue weighted by Gasteiger charge is -2.24. The topological polar surface area (TPSA) is 73.7 Å². The van der Waals surface area contributed by atoms with Crippen molar-refractivity contribution in [1.82, 2.24) is 9.88 Å². The zero-order valence-electron chi connectivity index (χ0n) is 11.8. The number of amides is 1. The van der Waals surface area contributed by atoms with Crippen LogP contribution in [0, 0.1) is 0 Å². The van der Waals surface area contributed by atoms with E-state index in [0.717, 1.165) is 0 Å². The van der Waals surface area contributed by atoms with Gasteiger partial charge in [-0.2, -0.15) is 0 Å². The molecule has 0 radical (unpaired) electrons. The summed E-state index contributed by atoms with van der Waals surface area (Å²) in [6.45, 7) is 5.05. The first-order valence-corrected chi connectivity index (χ1v) is 6.67. The molecule has 0 saturated carbocycles. The van der Waals surface area contributed by atoms with Crippen LogP contribution in [0.4, 0.5) is 5.82 Å². The Labute approximate surface area is 123 Å². The highest BCUT2D eigenvalue weighted by atomic mass is 35.5. The van der Waals surface area contributed by atoms with Crippen molar-refractivity contribution >= 4 is 29.3 Å². The van der Waals surface area contributed by atoms with Crippen LogP contribution in [0.2, 0.25) is 5.15 Å². The second-order valence-corrected chi connectivity index (χ2v) is 4.62. The monoisotopic (exact) mass is 299 g/mol. The van der Waals surface area contributed by atoms with Crippen molar-refractivity contribution < 1.29 is 14.7 Å². The summed E-state index contributed by atoms with van der Waals surface area (Å²) in [4.78, 5) is 30.4. The summed E-state index contributed by atoms with van der Waals surface area (Å²) in [7, 11) is 1.62. The summed E-state index contributed by atoms with van der Waals surface area (Å²) in [6.07, 6.45) is 0. The number of aromatic carboxylic acids is 1. The zero-order valence-corrected chi connectivity index (χ0v) is 12.5. The molecular weight excluding hydrogens is 282 g/mol. The van der Waals surface area contributed by atoms with Gasteiger partial charge in [0.25, 0.3) is 0 Å². The molecule has 1 aromatic heterocycles. The highest BCUT2D eigenvalue weighted by Gasteiger charge is 2.19. The lowest BCUT2D eigenvalue weighted by atomic mass is 10.2. The summed E-state index contributed by atoms with van der Waals surface area (Å²) < 4.78 is 0. The van der Waals surface area contributed by atoms with E-state index in [4.69, 9.17) is 16.7 Å². The lowest BCUT2D eigenvalue weighted by molar-refractivity contribution is -0.129. The number of hydrogen-bond acceptors (Lipinski definition) is 4. The van der Waals surface area contributed by atoms with Gasteiger partial charge in [-0.3, -0.25) is 4.79 Å². The Kier molecular flexibility index (Phi) is 5.76. The fourth-order valence-corrected chi connectivity index (χ4v) is 1.98. The second-order valence-electron chi connectivity index (χ2n) is 4.23. The van der Waals surface area contributed by atoms with Gasteiger partial charge in [0.15, 0.2) is 0 Å². The molecule has 20 heavy (non-hydrogen) atoms. The number of nitrogens with zero attached hydrogens (tertiary/aromatic N) is 3. The summed E-state index contributed by atoms with van der Waals surface area (Å²) in [5, 5.41) is 9.32. The number of aromatic nitrogens is 1. The van der Waals surface area contributed by atoms with Crippen LogP contribution in [0.5, 0.6) is 0 Å². The van der Waals surface area contributed by atoms with Crippen molar-refractivity contribution in [3.8, 4) is 0 Å². The number of rotatable bonds is 6. The highest BCUT2D eigenvalue weighted by molar-refractivity contribution is 6.29. The smallest absolute Gasteiger partial charge is 0.339 e. The zero-order chi connectivity index (χ0) is 15.3. The summed E-state index contributed by atoms with van der Waals surface area (Å²) >= 11 is 5.79. The first-order chi connectivity index (χ1) is 9.40. The van der Waals surface area contributed by atoms with E-state index in [0.29, 0.717) is 13.1 Å². The van der Waals surface area contributed by atoms with Crippen molar-refractivity contribution in [1.29, 1.82) is 0 Å². The lowest BCUT2D eigenvalue weighted by Crippen LogP contribution is -2.39. The molecular formula is C13H18ClN3O3. The van der Waals surface area contributed by atoms with Crippen molar-refractivity contribution in [3.05, 3.63) is 22.8 Å². The molecule has 1 heterocycles. The minimum atomic E-state index is -1.11. The standard InChI is InChI=1S/C13H18ClN3O3/c1-4-17(5-2)11(18)8-16(3)12-9(13(19)20)6-7-10(14)15-12/h6-7H,4-5,8H2,1-3H3,(H,19,20). The normalized spacial score (nSPS) is 10.2. The second kappa shape index (κ2) is 7.09. The molecule has 0 aliphatic carbocycles. The highest BCUT2D eigenvalue weighted by Crippen LogP contribution is 2.20. The average Bonchev–Trinajstić information content (AvgIpc) is 2.39. The number of carbonyl (C=O) groups is 2. The van der Waals surface area contributed by atoms with Crippen LogP contribution in [0.25, 0.3) is 0 Å². The van der Waals surface area contributed by atoms with Gasteiger partial charge in [-0.25, -0.2) is 9.78 Å². The molecule has 6 nitrogen and oxygen atoms in total. The maximum absolute atomic E-state index is 12.0. The molecule has 7 heteroatoms. The van der Waals surface area contributed by atoms with Gasteiger partial charge < -0.3 is 14.9 Å². The molecule has 0 unspecified atom stereocenters. The van der Waals surface area contributed by atoms with Gasteiger partial charge in [0.05, 0.1) is 6.54 Å². The molecule has 0 aliphatic heterocycles. The maximum Gasteiger partial charge on any atom is 0.339 e. The molecule has 0 aromatic carbocycles. The Morgan fingerprint density at radius 3 is 2.40 bits per heavy atom. The minimum absolute atomic E-state index is 0.0178. The largest absolute Gasteiger partial charge is 0.478 e. The Bertz CT molecular complexity index is 504. The first-order valence-electron chi connectivity index (χ1n) is 6.29. The van der Waals surface area contributed by atoms with Crippen LogP contribution in [0.3, 0.4) is 0 Å². The molecule has 0 atom stereocenters. The summed E-state index contributed by atoms with van der Waals surface area (Å²) in [6, 6.07) is 2.79. The van der Waals surface area contributed by atoms with Gasteiger partial charge in [0.2, 0.25) is 5.91 Å². The van der Waals surface area contributed by atoms with Crippen LogP contribution < -0.4 is 4.90 Å². The van der Waals surface area contributed by atoms with Crippen LogP contribution >= 0.6 is 11.6 Å². The Morgan fingerprint density at radius 1 is 1.30 bits per heavy atom. The molecule has 1 rings (SSSR count). The number of pyridine rings is 1. The van der Waals surface area contributed by atoms with Gasteiger partial charge in [0, 0.05) is 20.1 Å². The van der Waals surface area contributed by atoms with Crippen molar-refractivity contribution in [2.24, 2.45) is 0 Å². The number of anilines is 1. The number of hydrogen-bond donors (Lipinski definition) is 1. The number of likely N-dealkylation sites (N-methyl/N-ethyl adjacent to an activating group) is 2. The van der Waals surface area contributed by atoms with E-state index in [1.165, 1.54) is 17.0 Å². The van der Waals surface area contributed by atoms with Gasteiger partial charge in [0.1, 0.15) is 16.5 Å². The van der Waals surface area contributed by atoms with Crippen LogP contribution in [0.1, 0.15) is 24.2 Å². The van der Waals surface area contributed by atoms with E-state index in [1.807, 2.05) is 13.8 Å². The van der Waals surface area contributed by atoms with Crippen LogP contribution in [0.15, 0.2) is 12.1 Å². The van der Waals surface area contributed by atoms with E-state index in [9.17, 15) is 9.59 Å². The Balaban J connectivity index is 2.97. The molecule has 0 spiro atoms. The number of carboxylic acids is 1. The molecule has 1 amide bonds. The van der Waals surface area contributed by atoms with Crippen molar-refractivity contribution in [2.45, 2.75) is 13.8 Å².